The summed E-state index contributed by atoms with van der Waals surface area (Å²) in [5.74, 6) is -1.18. The van der Waals surface area contributed by atoms with Crippen LogP contribution in [0.15, 0.2) is 23.3 Å². The molecule has 2 N–H and O–H groups in total. The van der Waals surface area contributed by atoms with E-state index >= 15 is 0 Å². The molecule has 0 spiro atoms. The first-order valence-electron chi connectivity index (χ1n) is 7.99. The number of methoxy groups -OCH3 is 1. The van der Waals surface area contributed by atoms with E-state index in [9.17, 15) is 9.59 Å². The van der Waals surface area contributed by atoms with Gasteiger partial charge in [0.15, 0.2) is 11.5 Å². The SMILES string of the molecule is CCCCCOc1ccc(/C=N\N(CC(=O)O)CC(=O)O)cc1OC. The van der Waals surface area contributed by atoms with Gasteiger partial charge < -0.3 is 19.7 Å². The fourth-order valence-electron chi connectivity index (χ4n) is 2.02. The van der Waals surface area contributed by atoms with Gasteiger partial charge in [-0.15, -0.1) is 0 Å². The third-order valence-electron chi connectivity index (χ3n) is 3.20. The largest absolute Gasteiger partial charge is 0.493 e. The Bertz CT molecular complexity index is 587. The molecule has 8 heteroatoms. The normalized spacial score (nSPS) is 10.6. The molecule has 0 bridgehead atoms. The van der Waals surface area contributed by atoms with Crippen molar-refractivity contribution in [1.82, 2.24) is 5.01 Å². The van der Waals surface area contributed by atoms with Crippen LogP contribution in [0, 0.1) is 0 Å². The number of nitrogens with zero attached hydrogens (tertiary/aromatic N) is 2. The van der Waals surface area contributed by atoms with E-state index in [1.165, 1.54) is 13.3 Å². The lowest BCUT2D eigenvalue weighted by atomic mass is 10.2. The van der Waals surface area contributed by atoms with Gasteiger partial charge in [-0.2, -0.15) is 5.10 Å². The number of unbranched alkanes of at least 4 members (excludes halogenated alkanes) is 2. The summed E-state index contributed by atoms with van der Waals surface area (Å²) in [6.45, 7) is 1.71. The number of hydrogen-bond donors (Lipinski definition) is 2. The van der Waals surface area contributed by atoms with E-state index in [2.05, 4.69) is 12.0 Å². The molecule has 1 rings (SSSR count). The van der Waals surface area contributed by atoms with Crippen LogP contribution in [0.4, 0.5) is 0 Å². The fraction of sp³-hybridized carbons (Fsp3) is 0.471. The average Bonchev–Trinajstić information content (AvgIpc) is 2.56. The number of benzene rings is 1. The molecular weight excluding hydrogens is 328 g/mol. The number of carbonyl (C=O) groups is 2. The molecule has 0 saturated heterocycles. The van der Waals surface area contributed by atoms with Crippen LogP contribution in [0.1, 0.15) is 31.7 Å². The van der Waals surface area contributed by atoms with Gasteiger partial charge in [0.2, 0.25) is 0 Å². The van der Waals surface area contributed by atoms with Crippen molar-refractivity contribution in [2.45, 2.75) is 26.2 Å². The number of hydrazone groups is 1. The highest BCUT2D eigenvalue weighted by Crippen LogP contribution is 2.27. The van der Waals surface area contributed by atoms with Crippen LogP contribution in [-0.4, -0.2) is 60.2 Å². The Morgan fingerprint density at radius 1 is 1.16 bits per heavy atom. The molecular formula is C17H24N2O6. The number of carboxylic acids is 2. The van der Waals surface area contributed by atoms with Crippen LogP contribution in [0.5, 0.6) is 11.5 Å². The average molecular weight is 352 g/mol. The quantitative estimate of drug-likeness (QED) is 0.337. The third kappa shape index (κ3) is 8.05. The molecule has 0 atom stereocenters. The lowest BCUT2D eigenvalue weighted by Crippen LogP contribution is -2.30. The highest BCUT2D eigenvalue weighted by molar-refractivity contribution is 5.81. The summed E-state index contributed by atoms with van der Waals surface area (Å²) in [5, 5.41) is 22.4. The Morgan fingerprint density at radius 2 is 1.84 bits per heavy atom. The van der Waals surface area contributed by atoms with Gasteiger partial charge in [0.05, 0.1) is 19.9 Å². The van der Waals surface area contributed by atoms with Gasteiger partial charge in [0.25, 0.3) is 0 Å². The van der Waals surface area contributed by atoms with Crippen molar-refractivity contribution in [3.8, 4) is 11.5 Å². The first-order chi connectivity index (χ1) is 12.0. The summed E-state index contributed by atoms with van der Waals surface area (Å²) in [5.41, 5.74) is 0.638. The van der Waals surface area contributed by atoms with Gasteiger partial charge in [0.1, 0.15) is 13.1 Å². The zero-order chi connectivity index (χ0) is 18.7. The molecule has 0 aliphatic rings. The minimum absolute atomic E-state index is 0.501. The third-order valence-corrected chi connectivity index (χ3v) is 3.20. The van der Waals surface area contributed by atoms with Crippen LogP contribution in [0.25, 0.3) is 0 Å². The molecule has 0 aromatic heterocycles. The summed E-state index contributed by atoms with van der Waals surface area (Å²) >= 11 is 0. The second-order valence-corrected chi connectivity index (χ2v) is 5.32. The second-order valence-electron chi connectivity index (χ2n) is 5.32. The predicted octanol–water partition coefficient (Wildman–Crippen LogP) is 2.07. The lowest BCUT2D eigenvalue weighted by molar-refractivity contribution is -0.141. The number of aliphatic carboxylic acids is 2. The van der Waals surface area contributed by atoms with Crippen molar-refractivity contribution in [3.05, 3.63) is 23.8 Å². The Morgan fingerprint density at radius 3 is 2.40 bits per heavy atom. The molecule has 138 valence electrons. The number of ether oxygens (including phenoxy) is 2. The van der Waals surface area contributed by atoms with Crippen molar-refractivity contribution >= 4 is 18.2 Å². The Kier molecular flexibility index (Phi) is 8.84. The maximum Gasteiger partial charge on any atom is 0.324 e. The molecule has 1 aromatic rings. The maximum atomic E-state index is 10.7. The Balaban J connectivity index is 2.79. The smallest absolute Gasteiger partial charge is 0.324 e. The molecule has 0 heterocycles. The summed E-state index contributed by atoms with van der Waals surface area (Å²) in [6, 6.07) is 5.17. The molecule has 0 amide bonds. The van der Waals surface area contributed by atoms with E-state index in [4.69, 9.17) is 19.7 Å². The Labute approximate surface area is 146 Å². The molecule has 1 aromatic carbocycles. The van der Waals surface area contributed by atoms with E-state index in [0.29, 0.717) is 23.7 Å². The van der Waals surface area contributed by atoms with Crippen LogP contribution in [0.2, 0.25) is 0 Å². The monoisotopic (exact) mass is 352 g/mol. The van der Waals surface area contributed by atoms with Gasteiger partial charge in [-0.3, -0.25) is 14.6 Å². The zero-order valence-corrected chi connectivity index (χ0v) is 14.5. The molecule has 8 nitrogen and oxygen atoms in total. The summed E-state index contributed by atoms with van der Waals surface area (Å²) < 4.78 is 11.0. The first-order valence-corrected chi connectivity index (χ1v) is 7.99. The molecule has 0 unspecified atom stereocenters. The summed E-state index contributed by atoms with van der Waals surface area (Å²) in [6.07, 6.45) is 4.55. The standard InChI is InChI=1S/C17H24N2O6/c1-3-4-5-8-25-14-7-6-13(9-15(14)24-2)10-18-19(11-16(20)21)12-17(22)23/h6-7,9-10H,3-5,8,11-12H2,1-2H3,(H,20,21)(H,22,23)/b18-10-. The highest BCUT2D eigenvalue weighted by Gasteiger charge is 2.11. The van der Waals surface area contributed by atoms with E-state index in [1.807, 2.05) is 0 Å². The number of rotatable bonds is 12. The molecule has 0 saturated carbocycles. The van der Waals surface area contributed by atoms with E-state index in [0.717, 1.165) is 24.3 Å². The lowest BCUT2D eigenvalue weighted by Gasteiger charge is -2.14. The highest BCUT2D eigenvalue weighted by atomic mass is 16.5. The van der Waals surface area contributed by atoms with Gasteiger partial charge in [-0.05, 0) is 30.2 Å². The molecule has 0 radical (unpaired) electrons. The van der Waals surface area contributed by atoms with E-state index in [1.54, 1.807) is 18.2 Å². The van der Waals surface area contributed by atoms with Gasteiger partial charge in [-0.1, -0.05) is 19.8 Å². The van der Waals surface area contributed by atoms with Crippen LogP contribution >= 0.6 is 0 Å². The van der Waals surface area contributed by atoms with Gasteiger partial charge >= 0.3 is 11.9 Å². The molecule has 0 aliphatic carbocycles. The van der Waals surface area contributed by atoms with Crippen molar-refractivity contribution in [3.63, 3.8) is 0 Å². The minimum atomic E-state index is -1.16. The Hall–Kier alpha value is -2.77. The fourth-order valence-corrected chi connectivity index (χ4v) is 2.02. The van der Waals surface area contributed by atoms with Crippen molar-refractivity contribution in [2.75, 3.05) is 26.8 Å². The second kappa shape index (κ2) is 10.9. The molecule has 0 fully saturated rings. The molecule has 0 aliphatic heterocycles. The number of hydrogen-bond acceptors (Lipinski definition) is 6. The topological polar surface area (TPSA) is 109 Å². The number of carboxylic acid groups (broad SMARTS) is 2. The van der Waals surface area contributed by atoms with Crippen molar-refractivity contribution in [1.29, 1.82) is 0 Å². The summed E-state index contributed by atoms with van der Waals surface area (Å²) in [7, 11) is 1.52. The summed E-state index contributed by atoms with van der Waals surface area (Å²) in [4.78, 5) is 21.5. The minimum Gasteiger partial charge on any atom is -0.493 e. The van der Waals surface area contributed by atoms with Gasteiger partial charge in [0, 0.05) is 0 Å². The molecule has 25 heavy (non-hydrogen) atoms. The van der Waals surface area contributed by atoms with Gasteiger partial charge in [-0.25, -0.2) is 0 Å². The van der Waals surface area contributed by atoms with E-state index in [-0.39, 0.29) is 0 Å². The maximum absolute atomic E-state index is 10.7. The van der Waals surface area contributed by atoms with Crippen LogP contribution in [0.3, 0.4) is 0 Å². The van der Waals surface area contributed by atoms with Crippen molar-refractivity contribution < 1.29 is 29.3 Å². The predicted molar refractivity (Wildman–Crippen MR) is 92.5 cm³/mol. The first kappa shape index (κ1) is 20.3. The van der Waals surface area contributed by atoms with E-state index < -0.39 is 25.0 Å². The zero-order valence-electron chi connectivity index (χ0n) is 14.5. The van der Waals surface area contributed by atoms with Crippen molar-refractivity contribution in [2.24, 2.45) is 5.10 Å². The van der Waals surface area contributed by atoms with Crippen LogP contribution < -0.4 is 9.47 Å². The van der Waals surface area contributed by atoms with Crippen LogP contribution in [-0.2, 0) is 9.59 Å².